The quantitative estimate of drug-likeness (QED) is 0.0134. The Bertz CT molecular complexity index is 5190. The maximum Gasteiger partial charge on any atom is 0.408 e. The van der Waals surface area contributed by atoms with Gasteiger partial charge in [-0.05, 0) is 167 Å². The lowest BCUT2D eigenvalue weighted by molar-refractivity contribution is -0.150. The van der Waals surface area contributed by atoms with Gasteiger partial charge in [-0.1, -0.05) is 59.8 Å². The Morgan fingerprint density at radius 2 is 0.754 bits per heavy atom. The molecule has 32 nitrogen and oxygen atoms in total. The molecule has 3 aromatic heterocycles. The molecule has 3 aromatic carbocycles. The summed E-state index contributed by atoms with van der Waals surface area (Å²) in [7, 11) is 4.85. The number of nitrogens with zero attached hydrogens (tertiary/aromatic N) is 5. The van der Waals surface area contributed by atoms with Crippen molar-refractivity contribution in [2.24, 2.45) is 28.6 Å². The zero-order chi connectivity index (χ0) is 95.6. The summed E-state index contributed by atoms with van der Waals surface area (Å²) in [6.45, 7) is 39.3. The van der Waals surface area contributed by atoms with E-state index in [4.69, 9.17) is 67.1 Å². The number of likely N-dealkylation sites (tertiary alicyclic amines) is 2. The smallest absolute Gasteiger partial charge is 0.408 e. The molecule has 3 aliphatic heterocycles. The van der Waals surface area contributed by atoms with Gasteiger partial charge in [0.15, 0.2) is 0 Å². The number of ether oxygens (including phenoxy) is 11. The van der Waals surface area contributed by atoms with Gasteiger partial charge in [0.1, 0.15) is 105 Å². The summed E-state index contributed by atoms with van der Waals surface area (Å²) in [6, 6.07) is 18.4. The first kappa shape index (κ1) is 103. The lowest BCUT2D eigenvalue weighted by Gasteiger charge is -2.36. The second kappa shape index (κ2) is 41.5. The second-order valence-corrected chi connectivity index (χ2v) is 40.1. The molecule has 9 aliphatic rings. The average molecular weight is 1900 g/mol. The van der Waals surface area contributed by atoms with Crippen molar-refractivity contribution in [1.82, 2.24) is 56.7 Å². The SMILES string of the molecule is C=C[C@@H]1C[C@]1(NC(=O)[C@@H]1C[C@@H](Oc2cc(C3CC3)nc3cc(OC)ccc23)CN1)C(=O)OCC.C=C[C@@H]1C[C@]1(NC(=O)[C@@H]1C[C@@H](Oc2cc(C3CC3)nc3cc(OC)ccc23)CN1C(=O)[C@@H](NC(=O)OC(C)(C)C)C(C)(C)C)C(=O)OCC.C=C[C@@H]1C[C@]1(NC(=O)[C@@H]1C[C@@H](Oc2cc(C3CC3)nc3cc(OC)ccc23)CN1C(=O)[C@@H](NC(=O)OC(C)(C)C)C(C)(C)C)C(=O)OCC.Cl.Cl. The van der Waals surface area contributed by atoms with E-state index in [0.29, 0.717) is 73.0 Å². The molecular formula is C100H133Cl2N11O21. The van der Waals surface area contributed by atoms with Crippen LogP contribution in [0.3, 0.4) is 0 Å². The molecule has 6 saturated carbocycles. The predicted molar refractivity (Wildman–Crippen MR) is 508 cm³/mol. The number of carbonyl (C=O) groups excluding carboxylic acids is 10. The number of nitrogens with one attached hydrogen (secondary N) is 6. The van der Waals surface area contributed by atoms with E-state index in [0.717, 1.165) is 99.8 Å². The number of rotatable bonds is 31. The van der Waals surface area contributed by atoms with E-state index in [1.54, 1.807) is 102 Å². The highest BCUT2D eigenvalue weighted by Crippen LogP contribution is 2.51. The van der Waals surface area contributed by atoms with Crippen LogP contribution in [-0.2, 0) is 62.0 Å². The Labute approximate surface area is 796 Å². The molecule has 728 valence electrons. The minimum Gasteiger partial charge on any atom is -0.497 e. The van der Waals surface area contributed by atoms with E-state index in [9.17, 15) is 47.9 Å². The Balaban J connectivity index is 0.000000195. The van der Waals surface area contributed by atoms with Gasteiger partial charge in [-0.2, -0.15) is 0 Å². The second-order valence-electron chi connectivity index (χ2n) is 40.1. The molecule has 7 amide bonds. The first-order chi connectivity index (χ1) is 62.4. The van der Waals surface area contributed by atoms with Gasteiger partial charge < -0.3 is 93.8 Å². The molecular weight excluding hydrogens is 1760 g/mol. The van der Waals surface area contributed by atoms with E-state index in [1.807, 2.05) is 114 Å². The van der Waals surface area contributed by atoms with Gasteiger partial charge in [-0.25, -0.2) is 24.0 Å². The summed E-state index contributed by atoms with van der Waals surface area (Å²) in [5.74, 6) is 0.909. The largest absolute Gasteiger partial charge is 0.497 e. The molecule has 6 N–H and O–H groups in total. The molecule has 3 saturated heterocycles. The predicted octanol–water partition coefficient (Wildman–Crippen LogP) is 13.8. The van der Waals surface area contributed by atoms with Crippen molar-refractivity contribution in [2.45, 2.75) is 275 Å². The molecule has 9 fully saturated rings. The standard InChI is InChI=1S/2C37H50N4O8.C26H31N3O5.2ClH/c2*1-10-22-19-37(22,33(44)47-11-2)40-31(42)28-17-24(20-41(28)32(43)30(35(3,4)5)39-34(45)49-36(6,7)8)48-29-18-26(21-12-13-21)38-27-16-23(46-9)14-15-25(27)29;1-4-16-13-26(16,25(31)33-5-2)29-24(30)22-11-18(14-27-22)34-23-12-20(15-6-7-15)28-21-10-17(32-3)8-9-19(21)23;;/h2*10,14-16,18,21-22,24,28,30H,1,11-13,17,19-20H2,2-9H3,(H,39,45)(H,40,42);4,8-10,12,15-16,18,22,27H,1,5-7,11,13-14H2,2-3H3,(H,29,30);2*1H/t2*22-,24-,28+,30-,37-;16-,18-,22+,26-;;/m111../s1. The summed E-state index contributed by atoms with van der Waals surface area (Å²) >= 11 is 0. The van der Waals surface area contributed by atoms with Crippen molar-refractivity contribution >= 4 is 117 Å². The van der Waals surface area contributed by atoms with Crippen molar-refractivity contribution in [3.05, 3.63) is 128 Å². The van der Waals surface area contributed by atoms with Crippen LogP contribution in [0.2, 0.25) is 0 Å². The van der Waals surface area contributed by atoms with Gasteiger partial charge in [0.2, 0.25) is 29.5 Å². The Hall–Kier alpha value is -11.3. The number of amides is 7. The summed E-state index contributed by atoms with van der Waals surface area (Å²) in [5, 5.41) is 20.0. The fourth-order valence-electron chi connectivity index (χ4n) is 17.5. The van der Waals surface area contributed by atoms with Crippen LogP contribution in [0.25, 0.3) is 32.7 Å². The highest BCUT2D eigenvalue weighted by Gasteiger charge is 2.65. The molecule has 134 heavy (non-hydrogen) atoms. The van der Waals surface area contributed by atoms with Crippen LogP contribution >= 0.6 is 24.8 Å². The minimum atomic E-state index is -1.25. The van der Waals surface area contributed by atoms with Crippen molar-refractivity contribution in [3.63, 3.8) is 0 Å². The maximum absolute atomic E-state index is 14.5. The van der Waals surface area contributed by atoms with Crippen LogP contribution in [0, 0.1) is 28.6 Å². The number of halogens is 2. The van der Waals surface area contributed by atoms with Crippen LogP contribution in [0.5, 0.6) is 34.5 Å². The summed E-state index contributed by atoms with van der Waals surface area (Å²) < 4.78 is 62.8. The summed E-state index contributed by atoms with van der Waals surface area (Å²) in [5.41, 5.74) is -1.36. The number of hydrogen-bond donors (Lipinski definition) is 6. The summed E-state index contributed by atoms with van der Waals surface area (Å²) in [6.07, 6.45) is 10.6. The molecule has 14 atom stereocenters. The Morgan fingerprint density at radius 1 is 0.448 bits per heavy atom. The molecule has 34 heteroatoms. The number of fused-ring (bicyclic) bond motifs is 3. The van der Waals surface area contributed by atoms with E-state index >= 15 is 0 Å². The fourth-order valence-corrected chi connectivity index (χ4v) is 17.5. The number of alkyl carbamates (subject to hydrolysis) is 2. The Morgan fingerprint density at radius 3 is 1.02 bits per heavy atom. The fraction of sp³-hybridized carbons (Fsp3) is 0.570. The van der Waals surface area contributed by atoms with Gasteiger partial charge in [0, 0.05) is 131 Å². The number of aromatic nitrogens is 3. The molecule has 0 spiro atoms. The van der Waals surface area contributed by atoms with Crippen LogP contribution in [0.4, 0.5) is 9.59 Å². The molecule has 6 heterocycles. The van der Waals surface area contributed by atoms with E-state index in [-0.39, 0.29) is 100 Å². The average Bonchev–Trinajstić information content (AvgIpc) is 1.57. The number of pyridine rings is 3. The van der Waals surface area contributed by atoms with Crippen molar-refractivity contribution in [3.8, 4) is 34.5 Å². The third-order valence-corrected chi connectivity index (χ3v) is 25.4. The molecule has 0 bridgehead atoms. The topological polar surface area (TPSA) is 390 Å². The first-order valence-corrected chi connectivity index (χ1v) is 46.1. The van der Waals surface area contributed by atoms with Crippen molar-refractivity contribution < 1.29 is 100 Å². The molecule has 6 aliphatic carbocycles. The van der Waals surface area contributed by atoms with Crippen molar-refractivity contribution in [1.29, 1.82) is 0 Å². The lowest BCUT2D eigenvalue weighted by atomic mass is 9.85. The van der Waals surface area contributed by atoms with Crippen LogP contribution < -0.4 is 60.3 Å². The van der Waals surface area contributed by atoms with E-state index < -0.39 is 135 Å². The Kier molecular flexibility index (Phi) is 32.0. The third-order valence-electron chi connectivity index (χ3n) is 25.4. The van der Waals surface area contributed by atoms with Gasteiger partial charge in [0.05, 0.1) is 76.8 Å². The molecule has 15 rings (SSSR count). The zero-order valence-electron chi connectivity index (χ0n) is 80.2. The van der Waals surface area contributed by atoms with Crippen LogP contribution in [0.15, 0.2) is 111 Å². The van der Waals surface area contributed by atoms with Gasteiger partial charge >= 0.3 is 30.1 Å². The van der Waals surface area contributed by atoms with Gasteiger partial charge in [-0.15, -0.1) is 44.6 Å². The molecule has 0 radical (unpaired) electrons. The first-order valence-electron chi connectivity index (χ1n) is 46.1. The van der Waals surface area contributed by atoms with Crippen molar-refractivity contribution in [2.75, 3.05) is 60.8 Å². The number of benzene rings is 3. The monoisotopic (exact) mass is 1890 g/mol. The third kappa shape index (κ3) is 24.0. The van der Waals surface area contributed by atoms with E-state index in [1.165, 1.54) is 9.80 Å². The lowest BCUT2D eigenvalue weighted by Crippen LogP contribution is -2.59. The molecule has 0 unspecified atom stereocenters. The highest BCUT2D eigenvalue weighted by atomic mass is 35.5. The number of hydrogen-bond acceptors (Lipinski definition) is 25. The number of esters is 3. The van der Waals surface area contributed by atoms with Crippen LogP contribution in [-0.4, -0.2) is 222 Å². The van der Waals surface area contributed by atoms with Gasteiger partial charge in [0.25, 0.3) is 0 Å². The number of methoxy groups -OCH3 is 3. The molecule has 6 aromatic rings. The zero-order valence-corrected chi connectivity index (χ0v) is 81.9. The van der Waals surface area contributed by atoms with Crippen LogP contribution in [0.1, 0.15) is 216 Å². The van der Waals surface area contributed by atoms with E-state index in [2.05, 4.69) is 51.6 Å². The summed E-state index contributed by atoms with van der Waals surface area (Å²) in [4.78, 5) is 152. The number of carbonyl (C=O) groups is 10. The van der Waals surface area contributed by atoms with Gasteiger partial charge in [-0.3, -0.25) is 38.9 Å². The maximum atomic E-state index is 14.5. The minimum absolute atomic E-state index is 0. The highest BCUT2D eigenvalue weighted by molar-refractivity contribution is 6.00. The normalized spacial score (nSPS) is 24.7.